The lowest BCUT2D eigenvalue weighted by atomic mass is 10.1. The fourth-order valence-electron chi connectivity index (χ4n) is 1.67. The Labute approximate surface area is 109 Å². The second-order valence-corrected chi connectivity index (χ2v) is 5.80. The third-order valence-corrected chi connectivity index (χ3v) is 2.76. The van der Waals surface area contributed by atoms with Gasteiger partial charge in [-0.2, -0.15) is 0 Å². The van der Waals surface area contributed by atoms with E-state index in [0.29, 0.717) is 6.54 Å². The topological polar surface area (TPSA) is 50.2 Å². The molecule has 0 aromatic carbocycles. The van der Waals surface area contributed by atoms with E-state index in [1.54, 1.807) is 31.5 Å². The van der Waals surface area contributed by atoms with Crippen LogP contribution in [0.3, 0.4) is 0 Å². The van der Waals surface area contributed by atoms with Gasteiger partial charge in [0.25, 0.3) is 0 Å². The minimum absolute atomic E-state index is 0.0455. The van der Waals surface area contributed by atoms with Gasteiger partial charge in [-0.25, -0.2) is 4.98 Å². The van der Waals surface area contributed by atoms with Gasteiger partial charge in [0.1, 0.15) is 6.04 Å². The molecule has 1 aromatic heterocycles. The summed E-state index contributed by atoms with van der Waals surface area (Å²) in [6.07, 6.45) is 3.52. The molecule has 5 heteroatoms. The van der Waals surface area contributed by atoms with Crippen LogP contribution in [-0.4, -0.2) is 40.0 Å². The van der Waals surface area contributed by atoms with Crippen molar-refractivity contribution in [3.05, 3.63) is 18.2 Å². The lowest BCUT2D eigenvalue weighted by molar-refractivity contribution is -0.131. The van der Waals surface area contributed by atoms with Crippen LogP contribution in [0.1, 0.15) is 39.4 Å². The van der Waals surface area contributed by atoms with Crippen molar-refractivity contribution >= 4 is 5.91 Å². The summed E-state index contributed by atoms with van der Waals surface area (Å²) in [7, 11) is 3.53. The molecular formula is C13H24N4O. The van der Waals surface area contributed by atoms with Crippen molar-refractivity contribution in [1.29, 1.82) is 0 Å². The Balaban J connectivity index is 2.79. The first-order valence-corrected chi connectivity index (χ1v) is 6.19. The van der Waals surface area contributed by atoms with Crippen LogP contribution in [0.5, 0.6) is 0 Å². The highest BCUT2D eigenvalue weighted by atomic mass is 16.2. The zero-order chi connectivity index (χ0) is 13.9. The van der Waals surface area contributed by atoms with E-state index in [1.165, 1.54) is 0 Å². The lowest BCUT2D eigenvalue weighted by Crippen LogP contribution is -2.36. The van der Waals surface area contributed by atoms with Gasteiger partial charge in [0.2, 0.25) is 5.91 Å². The zero-order valence-corrected chi connectivity index (χ0v) is 12.2. The summed E-state index contributed by atoms with van der Waals surface area (Å²) in [5.74, 6) is 0.0741. The quantitative estimate of drug-likeness (QED) is 0.881. The molecule has 0 bridgehead atoms. The van der Waals surface area contributed by atoms with Crippen LogP contribution in [0.2, 0.25) is 0 Å². The molecule has 0 saturated carbocycles. The van der Waals surface area contributed by atoms with E-state index in [1.807, 2.05) is 11.5 Å². The standard InChI is InChI=1S/C13H24N4O/c1-10(12(18)16(5)6)17-9-14-7-11(17)8-15-13(2,3)4/h7,9-10,15H,8H2,1-6H3. The molecule has 102 valence electrons. The third kappa shape index (κ3) is 3.84. The van der Waals surface area contributed by atoms with E-state index >= 15 is 0 Å². The molecular weight excluding hydrogens is 228 g/mol. The molecule has 0 aliphatic rings. The number of hydrogen-bond donors (Lipinski definition) is 1. The van der Waals surface area contributed by atoms with E-state index in [-0.39, 0.29) is 17.5 Å². The molecule has 18 heavy (non-hydrogen) atoms. The number of nitrogens with zero attached hydrogens (tertiary/aromatic N) is 3. The van der Waals surface area contributed by atoms with Gasteiger partial charge in [-0.05, 0) is 27.7 Å². The average molecular weight is 252 g/mol. The summed E-state index contributed by atoms with van der Waals surface area (Å²) < 4.78 is 1.92. The molecule has 0 saturated heterocycles. The number of imidazole rings is 1. The van der Waals surface area contributed by atoms with Crippen molar-refractivity contribution in [3.8, 4) is 0 Å². The first kappa shape index (κ1) is 14.7. The first-order valence-electron chi connectivity index (χ1n) is 6.19. The van der Waals surface area contributed by atoms with Gasteiger partial charge in [-0.15, -0.1) is 0 Å². The lowest BCUT2D eigenvalue weighted by Gasteiger charge is -2.23. The molecule has 0 radical (unpaired) electrons. The second kappa shape index (κ2) is 5.52. The van der Waals surface area contributed by atoms with Crippen LogP contribution in [0.25, 0.3) is 0 Å². The molecule has 0 fully saturated rings. The average Bonchev–Trinajstić information content (AvgIpc) is 2.71. The van der Waals surface area contributed by atoms with Crippen LogP contribution in [0.15, 0.2) is 12.5 Å². The van der Waals surface area contributed by atoms with Gasteiger partial charge in [-0.3, -0.25) is 4.79 Å². The van der Waals surface area contributed by atoms with Crippen molar-refractivity contribution in [2.75, 3.05) is 14.1 Å². The van der Waals surface area contributed by atoms with Gasteiger partial charge < -0.3 is 14.8 Å². The fraction of sp³-hybridized carbons (Fsp3) is 0.692. The Hall–Kier alpha value is -1.36. The van der Waals surface area contributed by atoms with Crippen LogP contribution >= 0.6 is 0 Å². The molecule has 1 unspecified atom stereocenters. The number of aromatic nitrogens is 2. The minimum Gasteiger partial charge on any atom is -0.347 e. The Morgan fingerprint density at radius 1 is 1.50 bits per heavy atom. The maximum atomic E-state index is 12.0. The zero-order valence-electron chi connectivity index (χ0n) is 12.2. The van der Waals surface area contributed by atoms with Crippen molar-refractivity contribution < 1.29 is 4.79 Å². The minimum atomic E-state index is -0.223. The summed E-state index contributed by atoms with van der Waals surface area (Å²) in [4.78, 5) is 17.7. The van der Waals surface area contributed by atoms with Crippen LogP contribution < -0.4 is 5.32 Å². The molecule has 0 aliphatic carbocycles. The molecule has 0 spiro atoms. The van der Waals surface area contributed by atoms with Crippen LogP contribution in [0, 0.1) is 0 Å². The largest absolute Gasteiger partial charge is 0.347 e. The van der Waals surface area contributed by atoms with Gasteiger partial charge in [-0.1, -0.05) is 0 Å². The number of amides is 1. The van der Waals surface area contributed by atoms with E-state index in [4.69, 9.17) is 0 Å². The Bertz CT molecular complexity index is 403. The molecule has 5 nitrogen and oxygen atoms in total. The van der Waals surface area contributed by atoms with E-state index < -0.39 is 0 Å². The predicted octanol–water partition coefficient (Wildman–Crippen LogP) is 1.42. The highest BCUT2D eigenvalue weighted by Crippen LogP contribution is 2.13. The summed E-state index contributed by atoms with van der Waals surface area (Å²) in [5.41, 5.74) is 1.07. The molecule has 0 aliphatic heterocycles. The normalized spacial score (nSPS) is 13.4. The van der Waals surface area contributed by atoms with Gasteiger partial charge in [0.15, 0.2) is 0 Å². The number of likely N-dealkylation sites (N-methyl/N-ethyl adjacent to an activating group) is 1. The Morgan fingerprint density at radius 2 is 2.11 bits per heavy atom. The maximum Gasteiger partial charge on any atom is 0.244 e. The van der Waals surface area contributed by atoms with Crippen molar-refractivity contribution in [2.45, 2.75) is 45.8 Å². The second-order valence-electron chi connectivity index (χ2n) is 5.80. The van der Waals surface area contributed by atoms with E-state index in [0.717, 1.165) is 5.69 Å². The molecule has 1 rings (SSSR count). The highest BCUT2D eigenvalue weighted by molar-refractivity contribution is 5.79. The highest BCUT2D eigenvalue weighted by Gasteiger charge is 2.19. The Kier molecular flexibility index (Phi) is 4.51. The van der Waals surface area contributed by atoms with Gasteiger partial charge in [0.05, 0.1) is 12.0 Å². The van der Waals surface area contributed by atoms with Crippen LogP contribution in [0.4, 0.5) is 0 Å². The number of carbonyl (C=O) groups is 1. The van der Waals surface area contributed by atoms with Gasteiger partial charge in [0, 0.05) is 32.4 Å². The number of rotatable bonds is 4. The molecule has 1 amide bonds. The number of carbonyl (C=O) groups excluding carboxylic acids is 1. The molecule has 1 N–H and O–H groups in total. The van der Waals surface area contributed by atoms with Gasteiger partial charge >= 0.3 is 0 Å². The summed E-state index contributed by atoms with van der Waals surface area (Å²) in [6, 6.07) is -0.223. The van der Waals surface area contributed by atoms with Crippen molar-refractivity contribution in [2.24, 2.45) is 0 Å². The molecule has 1 aromatic rings. The fourth-order valence-corrected chi connectivity index (χ4v) is 1.67. The predicted molar refractivity (Wildman–Crippen MR) is 72.2 cm³/mol. The van der Waals surface area contributed by atoms with Crippen molar-refractivity contribution in [3.63, 3.8) is 0 Å². The smallest absolute Gasteiger partial charge is 0.244 e. The van der Waals surface area contributed by atoms with E-state index in [9.17, 15) is 4.79 Å². The third-order valence-electron chi connectivity index (χ3n) is 2.76. The Morgan fingerprint density at radius 3 is 2.61 bits per heavy atom. The molecule has 1 heterocycles. The molecule has 1 atom stereocenters. The van der Waals surface area contributed by atoms with Crippen LogP contribution in [-0.2, 0) is 11.3 Å². The number of hydrogen-bond acceptors (Lipinski definition) is 3. The SMILES string of the molecule is CC(C(=O)N(C)C)n1cncc1CNC(C)(C)C. The van der Waals surface area contributed by atoms with Crippen molar-refractivity contribution in [1.82, 2.24) is 19.8 Å². The number of nitrogens with one attached hydrogen (secondary N) is 1. The summed E-state index contributed by atoms with van der Waals surface area (Å²) in [6.45, 7) is 8.94. The maximum absolute atomic E-state index is 12.0. The monoisotopic (exact) mass is 252 g/mol. The first-order chi connectivity index (χ1) is 8.22. The van der Waals surface area contributed by atoms with E-state index in [2.05, 4.69) is 31.1 Å². The summed E-state index contributed by atoms with van der Waals surface area (Å²) in [5, 5.41) is 3.40. The summed E-state index contributed by atoms with van der Waals surface area (Å²) >= 11 is 0.